The number of carbonyl (C=O) groups is 1. The Kier molecular flexibility index (Phi) is 6.37. The van der Waals surface area contributed by atoms with Crippen LogP contribution in [0.2, 0.25) is 0 Å². The zero-order valence-corrected chi connectivity index (χ0v) is 15.4. The molecule has 134 valence electrons. The van der Waals surface area contributed by atoms with Crippen molar-refractivity contribution < 1.29 is 13.2 Å². The number of rotatable bonds is 6. The van der Waals surface area contributed by atoms with E-state index < -0.39 is 10.0 Å². The average molecular weight is 353 g/mol. The molecule has 1 fully saturated rings. The first-order chi connectivity index (χ1) is 11.3. The molecule has 1 amide bonds. The van der Waals surface area contributed by atoms with Crippen molar-refractivity contribution in [3.63, 3.8) is 0 Å². The Morgan fingerprint density at radius 2 is 1.83 bits per heavy atom. The maximum Gasteiger partial charge on any atom is 0.243 e. The van der Waals surface area contributed by atoms with Gasteiger partial charge in [-0.25, -0.2) is 8.42 Å². The molecule has 0 saturated carbocycles. The number of benzene rings is 1. The summed E-state index contributed by atoms with van der Waals surface area (Å²) in [5.74, 6) is 0.151. The minimum atomic E-state index is -3.46. The fraction of sp³-hybridized carbons (Fsp3) is 0.588. The van der Waals surface area contributed by atoms with Gasteiger partial charge in [0.15, 0.2) is 0 Å². The average Bonchev–Trinajstić information content (AvgIpc) is 2.60. The van der Waals surface area contributed by atoms with E-state index in [1.165, 1.54) is 4.31 Å². The first-order valence-electron chi connectivity index (χ1n) is 8.38. The lowest BCUT2D eigenvalue weighted by Gasteiger charge is -2.22. The van der Waals surface area contributed by atoms with Crippen molar-refractivity contribution in [2.75, 3.05) is 20.1 Å². The molecule has 1 aromatic rings. The van der Waals surface area contributed by atoms with Gasteiger partial charge >= 0.3 is 0 Å². The lowest BCUT2D eigenvalue weighted by molar-refractivity contribution is -0.125. The Labute approximate surface area is 144 Å². The molecule has 0 atom stereocenters. The summed E-state index contributed by atoms with van der Waals surface area (Å²) in [6, 6.07) is 6.60. The SMILES string of the molecule is CC(C)N(C)S(=O)(=O)c1ccc(CNC(=O)C2CCNCC2)cc1. The van der Waals surface area contributed by atoms with Crippen LogP contribution >= 0.6 is 0 Å². The number of amides is 1. The molecule has 0 spiro atoms. The molecule has 0 aromatic heterocycles. The number of hydrogen-bond acceptors (Lipinski definition) is 4. The van der Waals surface area contributed by atoms with Crippen LogP contribution in [-0.2, 0) is 21.4 Å². The van der Waals surface area contributed by atoms with E-state index in [1.807, 2.05) is 13.8 Å². The van der Waals surface area contributed by atoms with Crippen LogP contribution in [0.4, 0.5) is 0 Å². The summed E-state index contributed by atoms with van der Waals surface area (Å²) in [6.07, 6.45) is 1.73. The number of sulfonamides is 1. The zero-order chi connectivity index (χ0) is 17.7. The minimum Gasteiger partial charge on any atom is -0.352 e. The molecule has 0 bridgehead atoms. The molecule has 1 aromatic carbocycles. The molecule has 6 nitrogen and oxygen atoms in total. The highest BCUT2D eigenvalue weighted by Gasteiger charge is 2.23. The first-order valence-corrected chi connectivity index (χ1v) is 9.82. The molecule has 7 heteroatoms. The van der Waals surface area contributed by atoms with Crippen LogP contribution in [-0.4, -0.2) is 44.8 Å². The van der Waals surface area contributed by atoms with Crippen LogP contribution < -0.4 is 10.6 Å². The largest absolute Gasteiger partial charge is 0.352 e. The van der Waals surface area contributed by atoms with Crippen LogP contribution in [0.5, 0.6) is 0 Å². The van der Waals surface area contributed by atoms with Gasteiger partial charge in [0.2, 0.25) is 15.9 Å². The molecule has 0 unspecified atom stereocenters. The Hall–Kier alpha value is -1.44. The Balaban J connectivity index is 1.96. The monoisotopic (exact) mass is 353 g/mol. The third-order valence-corrected chi connectivity index (χ3v) is 6.55. The van der Waals surface area contributed by atoms with E-state index in [2.05, 4.69) is 10.6 Å². The molecule has 1 saturated heterocycles. The van der Waals surface area contributed by atoms with Crippen LogP contribution in [0, 0.1) is 5.92 Å². The van der Waals surface area contributed by atoms with Gasteiger partial charge in [0.1, 0.15) is 0 Å². The van der Waals surface area contributed by atoms with Crippen LogP contribution in [0.25, 0.3) is 0 Å². The Bertz CT molecular complexity index is 650. The summed E-state index contributed by atoms with van der Waals surface area (Å²) < 4.78 is 26.2. The van der Waals surface area contributed by atoms with Gasteiger partial charge in [-0.2, -0.15) is 4.31 Å². The van der Waals surface area contributed by atoms with Crippen molar-refractivity contribution in [1.82, 2.24) is 14.9 Å². The highest BCUT2D eigenvalue weighted by atomic mass is 32.2. The van der Waals surface area contributed by atoms with Crippen LogP contribution in [0.3, 0.4) is 0 Å². The molecule has 1 heterocycles. The normalized spacial score (nSPS) is 16.5. The van der Waals surface area contributed by atoms with E-state index in [9.17, 15) is 13.2 Å². The predicted molar refractivity (Wildman–Crippen MR) is 94.0 cm³/mol. The van der Waals surface area contributed by atoms with Gasteiger partial charge in [-0.15, -0.1) is 0 Å². The quantitative estimate of drug-likeness (QED) is 0.809. The second-order valence-electron chi connectivity index (χ2n) is 6.50. The second-order valence-corrected chi connectivity index (χ2v) is 8.50. The Morgan fingerprint density at radius 3 is 2.38 bits per heavy atom. The number of nitrogens with zero attached hydrogens (tertiary/aromatic N) is 1. The first kappa shape index (κ1) is 18.9. The van der Waals surface area contributed by atoms with Gasteiger partial charge in [-0.3, -0.25) is 4.79 Å². The van der Waals surface area contributed by atoms with Crippen molar-refractivity contribution in [3.05, 3.63) is 29.8 Å². The molecule has 24 heavy (non-hydrogen) atoms. The summed E-state index contributed by atoms with van der Waals surface area (Å²) >= 11 is 0. The molecule has 1 aliphatic rings. The predicted octanol–water partition coefficient (Wildman–Crippen LogP) is 1.33. The number of piperidine rings is 1. The van der Waals surface area contributed by atoms with Gasteiger partial charge in [0, 0.05) is 25.6 Å². The number of nitrogens with one attached hydrogen (secondary N) is 2. The molecule has 0 aliphatic carbocycles. The molecule has 2 rings (SSSR count). The molecular formula is C17H27N3O3S. The van der Waals surface area contributed by atoms with E-state index in [-0.39, 0.29) is 22.8 Å². The summed E-state index contributed by atoms with van der Waals surface area (Å²) in [5.41, 5.74) is 0.892. The standard InChI is InChI=1S/C17H27N3O3S/c1-13(2)20(3)24(22,23)16-6-4-14(5-7-16)12-19-17(21)15-8-10-18-11-9-15/h4-7,13,15,18H,8-12H2,1-3H3,(H,19,21). The van der Waals surface area contributed by atoms with Gasteiger partial charge in [-0.05, 0) is 57.5 Å². The third kappa shape index (κ3) is 4.55. The fourth-order valence-corrected chi connectivity index (χ4v) is 4.01. The summed E-state index contributed by atoms with van der Waals surface area (Å²) in [6.45, 7) is 5.86. The minimum absolute atomic E-state index is 0.0746. The topological polar surface area (TPSA) is 78.5 Å². The third-order valence-electron chi connectivity index (χ3n) is 4.50. The highest BCUT2D eigenvalue weighted by molar-refractivity contribution is 7.89. The summed E-state index contributed by atoms with van der Waals surface area (Å²) in [4.78, 5) is 12.4. The smallest absolute Gasteiger partial charge is 0.243 e. The Morgan fingerprint density at radius 1 is 1.25 bits per heavy atom. The maximum atomic E-state index is 12.4. The van der Waals surface area contributed by atoms with E-state index in [1.54, 1.807) is 31.3 Å². The molecular weight excluding hydrogens is 326 g/mol. The molecule has 2 N–H and O–H groups in total. The molecule has 1 aliphatic heterocycles. The van der Waals surface area contributed by atoms with Gasteiger partial charge in [0.25, 0.3) is 0 Å². The lowest BCUT2D eigenvalue weighted by Crippen LogP contribution is -2.37. The zero-order valence-electron chi connectivity index (χ0n) is 14.6. The number of carbonyl (C=O) groups excluding carboxylic acids is 1. The van der Waals surface area contributed by atoms with Crippen molar-refractivity contribution >= 4 is 15.9 Å². The summed E-state index contributed by atoms with van der Waals surface area (Å²) in [5, 5.41) is 6.18. The van der Waals surface area contributed by atoms with Crippen molar-refractivity contribution in [2.45, 2.75) is 44.2 Å². The number of hydrogen-bond donors (Lipinski definition) is 2. The van der Waals surface area contributed by atoms with Gasteiger partial charge in [0.05, 0.1) is 4.90 Å². The molecule has 0 radical (unpaired) electrons. The van der Waals surface area contributed by atoms with Gasteiger partial charge in [-0.1, -0.05) is 12.1 Å². The van der Waals surface area contributed by atoms with E-state index in [4.69, 9.17) is 0 Å². The lowest BCUT2D eigenvalue weighted by atomic mass is 9.97. The van der Waals surface area contributed by atoms with Gasteiger partial charge < -0.3 is 10.6 Å². The summed E-state index contributed by atoms with van der Waals surface area (Å²) in [7, 11) is -1.89. The highest BCUT2D eigenvalue weighted by Crippen LogP contribution is 2.17. The second kappa shape index (κ2) is 8.09. The van der Waals surface area contributed by atoms with Crippen LogP contribution in [0.15, 0.2) is 29.2 Å². The van der Waals surface area contributed by atoms with Crippen molar-refractivity contribution in [2.24, 2.45) is 5.92 Å². The van der Waals surface area contributed by atoms with Crippen molar-refractivity contribution in [1.29, 1.82) is 0 Å². The maximum absolute atomic E-state index is 12.4. The van der Waals surface area contributed by atoms with Crippen molar-refractivity contribution in [3.8, 4) is 0 Å². The van der Waals surface area contributed by atoms with E-state index >= 15 is 0 Å². The van der Waals surface area contributed by atoms with E-state index in [0.717, 1.165) is 31.5 Å². The van der Waals surface area contributed by atoms with E-state index in [0.29, 0.717) is 6.54 Å². The fourth-order valence-electron chi connectivity index (χ4n) is 2.64. The van der Waals surface area contributed by atoms with Crippen LogP contribution in [0.1, 0.15) is 32.3 Å².